The van der Waals surface area contributed by atoms with E-state index >= 15 is 0 Å². The number of methoxy groups -OCH3 is 2. The van der Waals surface area contributed by atoms with Gasteiger partial charge in [0.15, 0.2) is 11.5 Å². The normalized spacial score (nSPS) is 17.6. The van der Waals surface area contributed by atoms with Crippen LogP contribution < -0.4 is 9.47 Å². The number of carbonyl (C=O) groups excluding carboxylic acids is 3. The zero-order valence-corrected chi connectivity index (χ0v) is 19.3. The lowest BCUT2D eigenvalue weighted by atomic mass is 10.1. The van der Waals surface area contributed by atoms with Crippen molar-refractivity contribution in [1.29, 1.82) is 0 Å². The van der Waals surface area contributed by atoms with Gasteiger partial charge < -0.3 is 14.2 Å². The van der Waals surface area contributed by atoms with Gasteiger partial charge in [0.25, 0.3) is 11.1 Å². The smallest absolute Gasteiger partial charge is 0.328 e. The van der Waals surface area contributed by atoms with Crippen molar-refractivity contribution < 1.29 is 28.6 Å². The minimum Gasteiger partial charge on any atom is -0.493 e. The molecule has 0 aromatic heterocycles. The highest BCUT2D eigenvalue weighted by Gasteiger charge is 2.41. The highest BCUT2D eigenvalue weighted by molar-refractivity contribution is 14.1. The van der Waals surface area contributed by atoms with Crippen LogP contribution in [0.1, 0.15) is 32.8 Å². The topological polar surface area (TPSA) is 82.1 Å². The quantitative estimate of drug-likeness (QED) is 0.305. The Bertz CT molecular complexity index is 825. The third-order valence-corrected chi connectivity index (χ3v) is 5.88. The molecule has 1 heterocycles. The van der Waals surface area contributed by atoms with Gasteiger partial charge in [0, 0.05) is 0 Å². The van der Waals surface area contributed by atoms with E-state index in [1.807, 2.05) is 19.9 Å². The van der Waals surface area contributed by atoms with Gasteiger partial charge in [-0.05, 0) is 78.4 Å². The number of ether oxygens (including phenoxy) is 3. The molecule has 28 heavy (non-hydrogen) atoms. The Labute approximate surface area is 181 Å². The first-order valence-corrected chi connectivity index (χ1v) is 10.5. The average Bonchev–Trinajstić information content (AvgIpc) is 2.95. The van der Waals surface area contributed by atoms with Gasteiger partial charge in [-0.25, -0.2) is 4.79 Å². The molecule has 0 spiro atoms. The van der Waals surface area contributed by atoms with Crippen molar-refractivity contribution in [2.24, 2.45) is 0 Å². The Hall–Kier alpha value is -1.75. The molecule has 9 heteroatoms. The number of imide groups is 1. The van der Waals surface area contributed by atoms with Crippen molar-refractivity contribution in [2.45, 2.75) is 39.3 Å². The van der Waals surface area contributed by atoms with Crippen molar-refractivity contribution in [3.05, 3.63) is 26.2 Å². The van der Waals surface area contributed by atoms with E-state index in [0.29, 0.717) is 17.1 Å². The van der Waals surface area contributed by atoms with Gasteiger partial charge in [-0.2, -0.15) is 0 Å². The number of thioether (sulfide) groups is 1. The maximum absolute atomic E-state index is 12.6. The summed E-state index contributed by atoms with van der Waals surface area (Å²) in [5.74, 6) is 0.00995. The first kappa shape index (κ1) is 22.5. The number of carbonyl (C=O) groups is 3. The van der Waals surface area contributed by atoms with E-state index in [2.05, 4.69) is 27.3 Å². The molecule has 2 rings (SSSR count). The molecular formula is C19H22INO6S. The van der Waals surface area contributed by atoms with Gasteiger partial charge in [0.05, 0.1) is 28.8 Å². The minimum absolute atomic E-state index is 0.0320. The predicted octanol–water partition coefficient (Wildman–Crippen LogP) is 4.07. The van der Waals surface area contributed by atoms with Crippen LogP contribution in [0.3, 0.4) is 0 Å². The summed E-state index contributed by atoms with van der Waals surface area (Å²) < 4.78 is 16.8. The molecular weight excluding hydrogens is 497 g/mol. The monoisotopic (exact) mass is 519 g/mol. The lowest BCUT2D eigenvalue weighted by molar-refractivity contribution is -0.148. The van der Waals surface area contributed by atoms with Crippen molar-refractivity contribution in [3.8, 4) is 11.5 Å². The molecule has 7 nitrogen and oxygen atoms in total. The van der Waals surface area contributed by atoms with Gasteiger partial charge in [0.1, 0.15) is 6.04 Å². The lowest BCUT2D eigenvalue weighted by Crippen LogP contribution is -2.42. The first-order valence-electron chi connectivity index (χ1n) is 8.62. The summed E-state index contributed by atoms with van der Waals surface area (Å²) in [6.45, 7) is 5.46. The molecule has 0 radical (unpaired) electrons. The maximum Gasteiger partial charge on any atom is 0.328 e. The van der Waals surface area contributed by atoms with E-state index in [1.54, 1.807) is 19.3 Å². The summed E-state index contributed by atoms with van der Waals surface area (Å²) in [7, 11) is 2.76. The molecule has 1 saturated heterocycles. The Morgan fingerprint density at radius 1 is 1.29 bits per heavy atom. The fraction of sp³-hybridized carbons (Fsp3) is 0.421. The maximum atomic E-state index is 12.6. The number of esters is 1. The van der Waals surface area contributed by atoms with E-state index in [4.69, 9.17) is 9.47 Å². The summed E-state index contributed by atoms with van der Waals surface area (Å²) in [5, 5.41) is -0.507. The second-order valence-corrected chi connectivity index (χ2v) is 8.28. The number of halogens is 1. The summed E-state index contributed by atoms with van der Waals surface area (Å²) in [6.07, 6.45) is 2.49. The number of hydrogen-bond acceptors (Lipinski definition) is 7. The number of amides is 2. The van der Waals surface area contributed by atoms with Crippen LogP contribution in [0, 0.1) is 3.57 Å². The van der Waals surface area contributed by atoms with Gasteiger partial charge in [0.2, 0.25) is 0 Å². The van der Waals surface area contributed by atoms with Gasteiger partial charge in [-0.1, -0.05) is 6.92 Å². The minimum atomic E-state index is -0.982. The molecule has 1 aromatic carbocycles. The van der Waals surface area contributed by atoms with Crippen LogP contribution in [-0.4, -0.2) is 48.4 Å². The van der Waals surface area contributed by atoms with E-state index in [-0.39, 0.29) is 11.0 Å². The molecule has 0 N–H and O–H groups in total. The van der Waals surface area contributed by atoms with Crippen LogP contribution in [0.2, 0.25) is 0 Å². The Morgan fingerprint density at radius 2 is 1.96 bits per heavy atom. The van der Waals surface area contributed by atoms with E-state index in [9.17, 15) is 14.4 Å². The van der Waals surface area contributed by atoms with Crippen LogP contribution in [0.5, 0.6) is 11.5 Å². The third-order valence-electron chi connectivity index (χ3n) is 4.20. The third kappa shape index (κ3) is 4.80. The number of nitrogens with zero attached hydrogens (tertiary/aromatic N) is 1. The number of rotatable bonds is 7. The molecule has 2 atom stereocenters. The molecule has 1 fully saturated rings. The molecule has 2 amide bonds. The van der Waals surface area contributed by atoms with Crippen molar-refractivity contribution in [3.63, 3.8) is 0 Å². The van der Waals surface area contributed by atoms with Gasteiger partial charge in [-0.15, -0.1) is 0 Å². The summed E-state index contributed by atoms with van der Waals surface area (Å²) in [6, 6.07) is 2.61. The number of benzene rings is 1. The molecule has 0 aliphatic carbocycles. The molecule has 1 aliphatic heterocycles. The molecule has 2 unspecified atom stereocenters. The van der Waals surface area contributed by atoms with Crippen molar-refractivity contribution >= 4 is 57.5 Å². The fourth-order valence-corrected chi connectivity index (χ4v) is 4.12. The zero-order valence-electron chi connectivity index (χ0n) is 16.3. The van der Waals surface area contributed by atoms with Crippen molar-refractivity contribution in [1.82, 2.24) is 4.90 Å². The number of hydrogen-bond donors (Lipinski definition) is 0. The van der Waals surface area contributed by atoms with Crippen LogP contribution in [-0.2, 0) is 14.3 Å². The van der Waals surface area contributed by atoms with Crippen LogP contribution >= 0.6 is 34.4 Å². The van der Waals surface area contributed by atoms with Crippen LogP contribution in [0.25, 0.3) is 6.08 Å². The van der Waals surface area contributed by atoms with Gasteiger partial charge >= 0.3 is 5.97 Å². The first-order chi connectivity index (χ1) is 13.2. The molecule has 152 valence electrons. The molecule has 1 aliphatic rings. The van der Waals surface area contributed by atoms with E-state index in [0.717, 1.165) is 26.7 Å². The van der Waals surface area contributed by atoms with E-state index in [1.165, 1.54) is 14.0 Å². The second-order valence-electron chi connectivity index (χ2n) is 6.12. The summed E-state index contributed by atoms with van der Waals surface area (Å²) >= 11 is 2.93. The lowest BCUT2D eigenvalue weighted by Gasteiger charge is -2.18. The highest BCUT2D eigenvalue weighted by Crippen LogP contribution is 2.38. The molecule has 0 saturated carbocycles. The molecule has 0 bridgehead atoms. The Kier molecular flexibility index (Phi) is 7.76. The van der Waals surface area contributed by atoms with Crippen LogP contribution in [0.4, 0.5) is 4.79 Å². The standard InChI is InChI=1S/C19H22INO6S/c1-6-10(2)27-16-13(20)7-12(8-14(16)25-4)9-15-17(22)21(19(24)28-15)11(3)18(23)26-5/h7-11H,6H2,1-5H3. The predicted molar refractivity (Wildman–Crippen MR) is 115 cm³/mol. The highest BCUT2D eigenvalue weighted by atomic mass is 127. The van der Waals surface area contributed by atoms with Gasteiger partial charge in [-0.3, -0.25) is 14.5 Å². The SMILES string of the molecule is CCC(C)Oc1c(I)cc(C=C2SC(=O)N(C(C)C(=O)OC)C2=O)cc1OC. The zero-order chi connectivity index (χ0) is 21.0. The Morgan fingerprint density at radius 3 is 2.54 bits per heavy atom. The van der Waals surface area contributed by atoms with Crippen molar-refractivity contribution in [2.75, 3.05) is 14.2 Å². The largest absolute Gasteiger partial charge is 0.493 e. The van der Waals surface area contributed by atoms with Crippen LogP contribution in [0.15, 0.2) is 17.0 Å². The second kappa shape index (κ2) is 9.64. The van der Waals surface area contributed by atoms with E-state index < -0.39 is 23.2 Å². The average molecular weight is 519 g/mol. The summed E-state index contributed by atoms with van der Waals surface area (Å²) in [5.41, 5.74) is 0.689. The Balaban J connectivity index is 2.35. The fourth-order valence-electron chi connectivity index (χ4n) is 2.46. The summed E-state index contributed by atoms with van der Waals surface area (Å²) in [4.78, 5) is 37.7. The molecule has 1 aromatic rings.